The van der Waals surface area contributed by atoms with E-state index in [0.29, 0.717) is 0 Å². The summed E-state index contributed by atoms with van der Waals surface area (Å²) in [6.45, 7) is 0.145. The van der Waals surface area contributed by atoms with Crippen molar-refractivity contribution in [3.63, 3.8) is 0 Å². The summed E-state index contributed by atoms with van der Waals surface area (Å²) in [6, 6.07) is 0. The average Bonchev–Trinajstić information content (AvgIpc) is 3.05. The first-order chi connectivity index (χ1) is 22.2. The van der Waals surface area contributed by atoms with Crippen LogP contribution in [0, 0.1) is 5.92 Å². The molecule has 0 aromatic carbocycles. The molecule has 4 aliphatic rings. The lowest BCUT2D eigenvalue weighted by molar-refractivity contribution is -0.392. The molecule has 4 fully saturated rings. The normalized spacial score (nSPS) is 51.3. The number of aliphatic hydroxyl groups is 13. The third-order valence-corrected chi connectivity index (χ3v) is 8.93. The van der Waals surface area contributed by atoms with Gasteiger partial charge in [-0.15, -0.1) is 0 Å². The van der Waals surface area contributed by atoms with Crippen molar-refractivity contribution in [1.82, 2.24) is 0 Å². The van der Waals surface area contributed by atoms with E-state index in [1.165, 1.54) is 0 Å². The van der Waals surface area contributed by atoms with Gasteiger partial charge < -0.3 is 99.5 Å². The Morgan fingerprint density at radius 3 is 1.04 bits per heavy atom. The molecule has 13 N–H and O–H groups in total. The first-order valence-electron chi connectivity index (χ1n) is 15.3. The summed E-state index contributed by atoms with van der Waals surface area (Å²) < 4.78 is 40.8. The van der Waals surface area contributed by atoms with Gasteiger partial charge >= 0.3 is 0 Å². The summed E-state index contributed by atoms with van der Waals surface area (Å²) in [5.74, 6) is -0.493. The van der Waals surface area contributed by atoms with Gasteiger partial charge in [0.1, 0.15) is 97.7 Å². The van der Waals surface area contributed by atoms with Gasteiger partial charge in [-0.25, -0.2) is 0 Å². The Bertz CT molecular complexity index is 957. The highest BCUT2D eigenvalue weighted by molar-refractivity contribution is 5.01. The molecule has 0 amide bonds. The van der Waals surface area contributed by atoms with E-state index in [1.807, 2.05) is 0 Å². The second kappa shape index (κ2) is 16.5. The fourth-order valence-corrected chi connectivity index (χ4v) is 6.10. The van der Waals surface area contributed by atoms with E-state index in [-0.39, 0.29) is 0 Å². The van der Waals surface area contributed by atoms with Crippen LogP contribution in [0.2, 0.25) is 0 Å². The molecule has 4 rings (SSSR count). The lowest BCUT2D eigenvalue weighted by Gasteiger charge is -2.52. The zero-order chi connectivity index (χ0) is 34.9. The lowest BCUT2D eigenvalue weighted by Crippen LogP contribution is -2.69. The van der Waals surface area contributed by atoms with Crippen LogP contribution in [0.1, 0.15) is 13.8 Å². The standard InChI is InChI=1S/C27H48O20/c1-7(2)21-23(46-26-19(39)16(36)13(33)9(4-29)43-26)24(47-27-20(40)17(37)14(34)10(5-30)44-27)22(11(6-31)41-21)45-25-18(38)15(35)12(32)8(3-28)42-25/h7-40H,3-6H2,1-2H3/t8-,9-,10-,11-,12-,13-,14-,15+,16+,17+,18-,19-,20-,21+,22-,23+,24+,25+,26+,27+/m1/s1. The van der Waals surface area contributed by atoms with Gasteiger partial charge in [0.05, 0.1) is 32.5 Å². The van der Waals surface area contributed by atoms with Gasteiger partial charge in [-0.3, -0.25) is 0 Å². The second-order valence-corrected chi connectivity index (χ2v) is 12.5. The molecule has 4 aliphatic heterocycles. The van der Waals surface area contributed by atoms with Gasteiger partial charge in [-0.05, 0) is 5.92 Å². The summed E-state index contributed by atoms with van der Waals surface area (Å²) in [5.41, 5.74) is 0. The molecule has 4 heterocycles. The van der Waals surface area contributed by atoms with Crippen LogP contribution in [-0.4, -0.2) is 215 Å². The Hall–Kier alpha value is -0.800. The molecular weight excluding hydrogens is 644 g/mol. The SMILES string of the molecule is CC(C)[C@@H]1O[C@H](CO)[C@@H](O[C@@H]2O[C@H](CO)[C@@H](O)[C@H](O)[C@H]2O)[C@H](O[C@@H]2O[C@H](CO)[C@@H](O)[C@H](O)[C@H]2O)[C@H]1O[C@@H]1O[C@H](CO)[C@@H](O)[C@H](O)[C@H]1O. The summed E-state index contributed by atoms with van der Waals surface area (Å²) in [4.78, 5) is 0. The maximum atomic E-state index is 10.8. The summed E-state index contributed by atoms with van der Waals surface area (Å²) in [7, 11) is 0. The van der Waals surface area contributed by atoms with Gasteiger partial charge in [-0.2, -0.15) is 0 Å². The molecule has 0 bridgehead atoms. The Balaban J connectivity index is 1.75. The summed E-state index contributed by atoms with van der Waals surface area (Å²) >= 11 is 0. The van der Waals surface area contributed by atoms with Gasteiger partial charge in [0.25, 0.3) is 0 Å². The van der Waals surface area contributed by atoms with Crippen LogP contribution < -0.4 is 0 Å². The maximum absolute atomic E-state index is 10.8. The quantitative estimate of drug-likeness (QED) is 0.0956. The van der Waals surface area contributed by atoms with Crippen molar-refractivity contribution in [2.24, 2.45) is 5.92 Å². The summed E-state index contributed by atoms with van der Waals surface area (Å²) in [6.07, 6.45) is -33.6. The first kappa shape index (κ1) is 39.0. The molecular formula is C27H48O20. The van der Waals surface area contributed by atoms with Gasteiger partial charge in [0.2, 0.25) is 0 Å². The molecule has 20 nitrogen and oxygen atoms in total. The van der Waals surface area contributed by atoms with Crippen molar-refractivity contribution in [2.75, 3.05) is 26.4 Å². The Morgan fingerprint density at radius 1 is 0.404 bits per heavy atom. The van der Waals surface area contributed by atoms with E-state index in [0.717, 1.165) is 0 Å². The highest BCUT2D eigenvalue weighted by Crippen LogP contribution is 2.38. The Morgan fingerprint density at radius 2 is 0.723 bits per heavy atom. The molecule has 0 spiro atoms. The van der Waals surface area contributed by atoms with Crippen LogP contribution >= 0.6 is 0 Å². The van der Waals surface area contributed by atoms with E-state index in [2.05, 4.69) is 0 Å². The summed E-state index contributed by atoms with van der Waals surface area (Å²) in [5, 5.41) is 134. The van der Waals surface area contributed by atoms with Crippen LogP contribution in [0.3, 0.4) is 0 Å². The second-order valence-electron chi connectivity index (χ2n) is 12.5. The number of hydrogen-bond acceptors (Lipinski definition) is 20. The fourth-order valence-electron chi connectivity index (χ4n) is 6.10. The Labute approximate surface area is 268 Å². The molecule has 0 aromatic heterocycles. The van der Waals surface area contributed by atoms with Crippen molar-refractivity contribution in [1.29, 1.82) is 0 Å². The van der Waals surface area contributed by atoms with Crippen molar-refractivity contribution < 1.29 is 99.5 Å². The van der Waals surface area contributed by atoms with Crippen LogP contribution in [0.15, 0.2) is 0 Å². The minimum atomic E-state index is -1.96. The zero-order valence-electron chi connectivity index (χ0n) is 25.6. The topological polar surface area (TPSA) is 328 Å². The molecule has 0 aromatic rings. The smallest absolute Gasteiger partial charge is 0.187 e. The monoisotopic (exact) mass is 692 g/mol. The van der Waals surface area contributed by atoms with E-state index in [1.54, 1.807) is 13.8 Å². The molecule has 276 valence electrons. The zero-order valence-corrected chi connectivity index (χ0v) is 25.6. The van der Waals surface area contributed by atoms with Crippen LogP contribution in [-0.2, 0) is 33.2 Å². The highest BCUT2D eigenvalue weighted by Gasteiger charge is 2.57. The number of aliphatic hydroxyl groups excluding tert-OH is 13. The third-order valence-electron chi connectivity index (χ3n) is 8.93. The largest absolute Gasteiger partial charge is 0.394 e. The minimum absolute atomic E-state index is 0.493. The van der Waals surface area contributed by atoms with Crippen molar-refractivity contribution in [3.8, 4) is 0 Å². The van der Waals surface area contributed by atoms with Gasteiger partial charge in [0.15, 0.2) is 18.9 Å². The van der Waals surface area contributed by atoms with E-state index >= 15 is 0 Å². The first-order valence-corrected chi connectivity index (χ1v) is 15.3. The van der Waals surface area contributed by atoms with Crippen LogP contribution in [0.4, 0.5) is 0 Å². The Kier molecular flexibility index (Phi) is 13.7. The van der Waals surface area contributed by atoms with Crippen molar-refractivity contribution in [2.45, 2.75) is 136 Å². The maximum Gasteiger partial charge on any atom is 0.187 e. The molecule has 0 unspecified atom stereocenters. The van der Waals surface area contributed by atoms with Crippen molar-refractivity contribution >= 4 is 0 Å². The van der Waals surface area contributed by atoms with E-state index < -0.39 is 155 Å². The highest BCUT2D eigenvalue weighted by atomic mass is 16.8. The average molecular weight is 693 g/mol. The number of rotatable bonds is 11. The molecule has 20 heteroatoms. The molecule has 0 saturated carbocycles. The predicted molar refractivity (Wildman–Crippen MR) is 147 cm³/mol. The minimum Gasteiger partial charge on any atom is -0.394 e. The number of hydrogen-bond donors (Lipinski definition) is 13. The van der Waals surface area contributed by atoms with Crippen LogP contribution in [0.5, 0.6) is 0 Å². The predicted octanol–water partition coefficient (Wildman–Crippen LogP) is -8.04. The van der Waals surface area contributed by atoms with E-state index in [9.17, 15) is 66.4 Å². The molecule has 0 radical (unpaired) electrons. The van der Waals surface area contributed by atoms with Gasteiger partial charge in [0, 0.05) is 0 Å². The third kappa shape index (κ3) is 7.92. The van der Waals surface area contributed by atoms with Crippen molar-refractivity contribution in [3.05, 3.63) is 0 Å². The lowest BCUT2D eigenvalue weighted by atomic mass is 9.88. The number of ether oxygens (including phenoxy) is 7. The molecule has 4 saturated heterocycles. The van der Waals surface area contributed by atoms with Crippen LogP contribution in [0.25, 0.3) is 0 Å². The molecule has 0 aliphatic carbocycles. The van der Waals surface area contributed by atoms with E-state index in [4.69, 9.17) is 33.2 Å². The fraction of sp³-hybridized carbons (Fsp3) is 1.00. The molecule has 47 heavy (non-hydrogen) atoms. The van der Waals surface area contributed by atoms with Gasteiger partial charge in [-0.1, -0.05) is 13.8 Å². The molecule has 20 atom stereocenters.